The summed E-state index contributed by atoms with van der Waals surface area (Å²) in [4.78, 5) is 5.70. The third-order valence-electron chi connectivity index (χ3n) is 2.79. The van der Waals surface area contributed by atoms with Gasteiger partial charge in [-0.3, -0.25) is 0 Å². The van der Waals surface area contributed by atoms with Crippen LogP contribution in [0.25, 0.3) is 0 Å². The lowest BCUT2D eigenvalue weighted by Gasteiger charge is -2.13. The Labute approximate surface area is 129 Å². The summed E-state index contributed by atoms with van der Waals surface area (Å²) in [5.74, 6) is 0.624. The lowest BCUT2D eigenvalue weighted by Crippen LogP contribution is -2.09. The molecule has 1 unspecified atom stereocenters. The van der Waals surface area contributed by atoms with Crippen molar-refractivity contribution in [3.63, 3.8) is 0 Å². The highest BCUT2D eigenvalue weighted by Gasteiger charge is 2.11. The Kier molecular flexibility index (Phi) is 5.39. The molecule has 1 aromatic heterocycles. The van der Waals surface area contributed by atoms with Crippen LogP contribution < -0.4 is 0 Å². The molecule has 1 nitrogen and oxygen atoms in total. The molecule has 1 aromatic carbocycles. The van der Waals surface area contributed by atoms with Gasteiger partial charge in [0.25, 0.3) is 0 Å². The van der Waals surface area contributed by atoms with Crippen LogP contribution >= 0.6 is 43.2 Å². The molecule has 4 heteroatoms. The molecule has 96 valence electrons. The number of hydrogen-bond acceptors (Lipinski definition) is 2. The Balaban J connectivity index is 2.01. The molecular formula is C14H15Br2NS. The summed E-state index contributed by atoms with van der Waals surface area (Å²) in [7, 11) is 0. The van der Waals surface area contributed by atoms with Crippen molar-refractivity contribution in [3.8, 4) is 0 Å². The number of halogens is 2. The van der Waals surface area contributed by atoms with Crippen molar-refractivity contribution < 1.29 is 0 Å². The maximum absolute atomic E-state index is 4.32. The normalized spacial score (nSPS) is 12.6. The van der Waals surface area contributed by atoms with Gasteiger partial charge in [0.05, 0.1) is 5.01 Å². The lowest BCUT2D eigenvalue weighted by molar-refractivity contribution is 0.596. The summed E-state index contributed by atoms with van der Waals surface area (Å²) in [6, 6.07) is 8.56. The van der Waals surface area contributed by atoms with Crippen molar-refractivity contribution in [3.05, 3.63) is 50.4 Å². The zero-order chi connectivity index (χ0) is 13.0. The summed E-state index contributed by atoms with van der Waals surface area (Å²) in [6.45, 7) is 2.06. The Hall–Kier alpha value is -0.190. The molecular weight excluding hydrogens is 374 g/mol. The quantitative estimate of drug-likeness (QED) is 0.656. The van der Waals surface area contributed by atoms with E-state index >= 15 is 0 Å². The fraction of sp³-hybridized carbons (Fsp3) is 0.357. The first-order valence-electron chi connectivity index (χ1n) is 5.89. The zero-order valence-corrected chi connectivity index (χ0v) is 14.2. The molecule has 0 saturated carbocycles. The van der Waals surface area contributed by atoms with Crippen LogP contribution in [0.1, 0.15) is 15.4 Å². The largest absolute Gasteiger partial charge is 0.250 e. The second kappa shape index (κ2) is 6.83. The van der Waals surface area contributed by atoms with Gasteiger partial charge in [-0.1, -0.05) is 44.0 Å². The van der Waals surface area contributed by atoms with Crippen LogP contribution in [0, 0.1) is 12.8 Å². The van der Waals surface area contributed by atoms with Gasteiger partial charge in [0.1, 0.15) is 0 Å². The highest BCUT2D eigenvalue weighted by atomic mass is 79.9. The van der Waals surface area contributed by atoms with Gasteiger partial charge in [0.15, 0.2) is 0 Å². The lowest BCUT2D eigenvalue weighted by atomic mass is 9.98. The summed E-state index contributed by atoms with van der Waals surface area (Å²) in [5, 5.41) is 2.18. The van der Waals surface area contributed by atoms with Crippen molar-refractivity contribution in [2.24, 2.45) is 5.92 Å². The minimum atomic E-state index is 0.624. The minimum Gasteiger partial charge on any atom is -0.250 e. The first-order valence-corrected chi connectivity index (χ1v) is 8.62. The SMILES string of the molecule is Cc1ncc(CC(CBr)Cc2cccc(Br)c2)s1. The molecule has 0 amide bonds. The maximum Gasteiger partial charge on any atom is 0.0896 e. The van der Waals surface area contributed by atoms with E-state index in [2.05, 4.69) is 68.0 Å². The van der Waals surface area contributed by atoms with Crippen LogP contribution in [-0.4, -0.2) is 10.3 Å². The molecule has 0 fully saturated rings. The Morgan fingerprint density at radius 2 is 2.17 bits per heavy atom. The molecule has 0 saturated heterocycles. The van der Waals surface area contributed by atoms with Crippen molar-refractivity contribution in [2.45, 2.75) is 19.8 Å². The first-order chi connectivity index (χ1) is 8.67. The molecule has 2 aromatic rings. The number of thiazole rings is 1. The van der Waals surface area contributed by atoms with Gasteiger partial charge in [-0.25, -0.2) is 4.98 Å². The maximum atomic E-state index is 4.32. The van der Waals surface area contributed by atoms with E-state index in [9.17, 15) is 0 Å². The number of hydrogen-bond donors (Lipinski definition) is 0. The van der Waals surface area contributed by atoms with Gasteiger partial charge in [-0.05, 0) is 43.4 Å². The van der Waals surface area contributed by atoms with E-state index in [1.165, 1.54) is 10.4 Å². The van der Waals surface area contributed by atoms with E-state index in [0.717, 1.165) is 27.7 Å². The van der Waals surface area contributed by atoms with Gasteiger partial charge < -0.3 is 0 Å². The third kappa shape index (κ3) is 4.18. The molecule has 0 aliphatic carbocycles. The number of aryl methyl sites for hydroxylation is 1. The second-order valence-electron chi connectivity index (χ2n) is 4.40. The number of benzene rings is 1. The van der Waals surface area contributed by atoms with Gasteiger partial charge in [0.2, 0.25) is 0 Å². The van der Waals surface area contributed by atoms with Crippen molar-refractivity contribution >= 4 is 43.2 Å². The van der Waals surface area contributed by atoms with Crippen LogP contribution in [0.2, 0.25) is 0 Å². The Morgan fingerprint density at radius 3 is 2.78 bits per heavy atom. The first kappa shape index (κ1) is 14.2. The van der Waals surface area contributed by atoms with Crippen molar-refractivity contribution in [1.29, 1.82) is 0 Å². The second-order valence-corrected chi connectivity index (χ2v) is 7.29. The molecule has 0 aliphatic heterocycles. The predicted molar refractivity (Wildman–Crippen MR) is 85.7 cm³/mol. The zero-order valence-electron chi connectivity index (χ0n) is 10.2. The summed E-state index contributed by atoms with van der Waals surface area (Å²) < 4.78 is 1.15. The monoisotopic (exact) mass is 387 g/mol. The van der Waals surface area contributed by atoms with Crippen LogP contribution in [-0.2, 0) is 12.8 Å². The highest BCUT2D eigenvalue weighted by Crippen LogP contribution is 2.22. The van der Waals surface area contributed by atoms with Gasteiger partial charge >= 0.3 is 0 Å². The van der Waals surface area contributed by atoms with Gasteiger partial charge in [-0.15, -0.1) is 11.3 Å². The Bertz CT molecular complexity index is 510. The fourth-order valence-electron chi connectivity index (χ4n) is 1.96. The van der Waals surface area contributed by atoms with E-state index in [0.29, 0.717) is 5.92 Å². The molecule has 2 rings (SSSR count). The molecule has 0 aliphatic rings. The number of alkyl halides is 1. The third-order valence-corrected chi connectivity index (χ3v) is 5.13. The standard InChI is InChI=1S/C14H15Br2NS/c1-10-17-9-14(18-10)7-12(8-15)5-11-3-2-4-13(16)6-11/h2-4,6,9,12H,5,7-8H2,1H3. The van der Waals surface area contributed by atoms with Crippen LogP contribution in [0.4, 0.5) is 0 Å². The number of rotatable bonds is 5. The molecule has 1 heterocycles. The van der Waals surface area contributed by atoms with Gasteiger partial charge in [0, 0.05) is 20.9 Å². The van der Waals surface area contributed by atoms with Crippen LogP contribution in [0.5, 0.6) is 0 Å². The van der Waals surface area contributed by atoms with Crippen molar-refractivity contribution in [1.82, 2.24) is 4.98 Å². The van der Waals surface area contributed by atoms with E-state index in [4.69, 9.17) is 0 Å². The fourth-order valence-corrected chi connectivity index (χ4v) is 3.78. The molecule has 0 spiro atoms. The van der Waals surface area contributed by atoms with Gasteiger partial charge in [-0.2, -0.15) is 0 Å². The van der Waals surface area contributed by atoms with E-state index < -0.39 is 0 Å². The average Bonchev–Trinajstić information content (AvgIpc) is 2.74. The minimum absolute atomic E-state index is 0.624. The molecule has 0 N–H and O–H groups in total. The average molecular weight is 389 g/mol. The number of nitrogens with zero attached hydrogens (tertiary/aromatic N) is 1. The molecule has 18 heavy (non-hydrogen) atoms. The Morgan fingerprint density at radius 1 is 1.33 bits per heavy atom. The predicted octanol–water partition coefficient (Wildman–Crippen LogP) is 5.01. The molecule has 1 atom stereocenters. The van der Waals surface area contributed by atoms with E-state index in [1.807, 2.05) is 6.20 Å². The highest BCUT2D eigenvalue weighted by molar-refractivity contribution is 9.10. The topological polar surface area (TPSA) is 12.9 Å². The summed E-state index contributed by atoms with van der Waals surface area (Å²) in [5.41, 5.74) is 1.38. The number of aromatic nitrogens is 1. The van der Waals surface area contributed by atoms with Crippen LogP contribution in [0.15, 0.2) is 34.9 Å². The summed E-state index contributed by atoms with van der Waals surface area (Å²) in [6.07, 6.45) is 4.21. The van der Waals surface area contributed by atoms with Crippen molar-refractivity contribution in [2.75, 3.05) is 5.33 Å². The smallest absolute Gasteiger partial charge is 0.0896 e. The molecule has 0 radical (unpaired) electrons. The molecule has 0 bridgehead atoms. The summed E-state index contributed by atoms with van der Waals surface area (Å²) >= 11 is 8.96. The van der Waals surface area contributed by atoms with E-state index in [1.54, 1.807) is 11.3 Å². The van der Waals surface area contributed by atoms with E-state index in [-0.39, 0.29) is 0 Å². The van der Waals surface area contributed by atoms with Crippen LogP contribution in [0.3, 0.4) is 0 Å².